The van der Waals surface area contributed by atoms with Gasteiger partial charge in [0.15, 0.2) is 0 Å². The SMILES string of the molecule is O=C(/C=C/c1ccc(Cl)cc1)N1CC(N2C(=O)[C@H]3CC=CC[C@@H]3C2=O)C1. The topological polar surface area (TPSA) is 57.7 Å². The Hall–Kier alpha value is -2.40. The van der Waals surface area contributed by atoms with Gasteiger partial charge >= 0.3 is 0 Å². The average molecular weight is 371 g/mol. The predicted octanol–water partition coefficient (Wildman–Crippen LogP) is 2.52. The number of hydrogen-bond acceptors (Lipinski definition) is 3. The number of allylic oxidation sites excluding steroid dienone is 2. The smallest absolute Gasteiger partial charge is 0.246 e. The number of nitrogens with zero attached hydrogens (tertiary/aromatic N) is 2. The molecule has 0 N–H and O–H groups in total. The Balaban J connectivity index is 1.35. The summed E-state index contributed by atoms with van der Waals surface area (Å²) in [5.74, 6) is -0.671. The number of fused-ring (bicyclic) bond motifs is 1. The average Bonchev–Trinajstić information content (AvgIpc) is 2.86. The lowest BCUT2D eigenvalue weighted by Gasteiger charge is -2.42. The largest absolute Gasteiger partial charge is 0.335 e. The van der Waals surface area contributed by atoms with Crippen molar-refractivity contribution in [2.45, 2.75) is 18.9 Å². The van der Waals surface area contributed by atoms with Crippen LogP contribution in [0.4, 0.5) is 0 Å². The molecule has 0 bridgehead atoms. The van der Waals surface area contributed by atoms with Gasteiger partial charge in [-0.2, -0.15) is 0 Å². The molecule has 0 radical (unpaired) electrons. The van der Waals surface area contributed by atoms with Crippen LogP contribution in [-0.2, 0) is 14.4 Å². The maximum absolute atomic E-state index is 12.5. The van der Waals surface area contributed by atoms with E-state index in [2.05, 4.69) is 0 Å². The second kappa shape index (κ2) is 6.72. The number of carbonyl (C=O) groups is 3. The van der Waals surface area contributed by atoms with Gasteiger partial charge in [0, 0.05) is 24.2 Å². The van der Waals surface area contributed by atoms with E-state index in [-0.39, 0.29) is 35.6 Å². The summed E-state index contributed by atoms with van der Waals surface area (Å²) >= 11 is 5.84. The molecule has 3 aliphatic rings. The number of hydrogen-bond donors (Lipinski definition) is 0. The highest BCUT2D eigenvalue weighted by Crippen LogP contribution is 2.37. The molecule has 0 aromatic heterocycles. The van der Waals surface area contributed by atoms with E-state index in [1.165, 1.54) is 11.0 Å². The van der Waals surface area contributed by atoms with Gasteiger partial charge in [-0.3, -0.25) is 19.3 Å². The third-order valence-corrected chi connectivity index (χ3v) is 5.62. The van der Waals surface area contributed by atoms with Crippen molar-refractivity contribution < 1.29 is 14.4 Å². The van der Waals surface area contributed by atoms with Crippen molar-refractivity contribution in [3.8, 4) is 0 Å². The van der Waals surface area contributed by atoms with Gasteiger partial charge in [-0.15, -0.1) is 0 Å². The Bertz CT molecular complexity index is 783. The molecule has 3 amide bonds. The molecular formula is C20H19ClN2O3. The minimum Gasteiger partial charge on any atom is -0.335 e. The first-order valence-corrected chi connectivity index (χ1v) is 9.17. The van der Waals surface area contributed by atoms with Crippen LogP contribution in [0.2, 0.25) is 5.02 Å². The maximum atomic E-state index is 12.5. The number of carbonyl (C=O) groups excluding carboxylic acids is 3. The number of imide groups is 1. The highest BCUT2D eigenvalue weighted by Gasteiger charge is 2.52. The molecule has 1 aliphatic carbocycles. The van der Waals surface area contributed by atoms with Gasteiger partial charge in [-0.1, -0.05) is 35.9 Å². The van der Waals surface area contributed by atoms with Gasteiger partial charge in [0.25, 0.3) is 0 Å². The summed E-state index contributed by atoms with van der Waals surface area (Å²) < 4.78 is 0. The predicted molar refractivity (Wildman–Crippen MR) is 98.1 cm³/mol. The van der Waals surface area contributed by atoms with Crippen molar-refractivity contribution in [1.82, 2.24) is 9.80 Å². The van der Waals surface area contributed by atoms with Gasteiger partial charge < -0.3 is 4.90 Å². The van der Waals surface area contributed by atoms with Crippen LogP contribution >= 0.6 is 11.6 Å². The van der Waals surface area contributed by atoms with Crippen LogP contribution in [-0.4, -0.2) is 46.7 Å². The summed E-state index contributed by atoms with van der Waals surface area (Å²) in [5.41, 5.74) is 0.890. The summed E-state index contributed by atoms with van der Waals surface area (Å²) in [6.07, 6.45) is 8.49. The quantitative estimate of drug-likeness (QED) is 0.466. The van der Waals surface area contributed by atoms with Gasteiger partial charge in [-0.25, -0.2) is 0 Å². The van der Waals surface area contributed by atoms with Crippen molar-refractivity contribution >= 4 is 35.4 Å². The Morgan fingerprint density at radius 1 is 1.00 bits per heavy atom. The highest BCUT2D eigenvalue weighted by molar-refractivity contribution is 6.30. The van der Waals surface area contributed by atoms with Crippen LogP contribution in [0.3, 0.4) is 0 Å². The Morgan fingerprint density at radius 2 is 1.58 bits per heavy atom. The zero-order chi connectivity index (χ0) is 18.3. The molecule has 0 unspecified atom stereocenters. The lowest BCUT2D eigenvalue weighted by molar-refractivity contribution is -0.151. The third-order valence-electron chi connectivity index (χ3n) is 5.37. The molecule has 6 heteroatoms. The first kappa shape index (κ1) is 17.0. The fourth-order valence-electron chi connectivity index (χ4n) is 3.83. The Morgan fingerprint density at radius 3 is 2.15 bits per heavy atom. The summed E-state index contributed by atoms with van der Waals surface area (Å²) in [5, 5.41) is 0.648. The number of likely N-dealkylation sites (tertiary alicyclic amines) is 2. The van der Waals surface area contributed by atoms with Crippen LogP contribution < -0.4 is 0 Å². The molecule has 134 valence electrons. The Kier molecular flexibility index (Phi) is 4.41. The summed E-state index contributed by atoms with van der Waals surface area (Å²) in [6.45, 7) is 0.822. The number of amides is 3. The molecule has 1 aromatic carbocycles. The minimum absolute atomic E-state index is 0.0712. The molecular weight excluding hydrogens is 352 g/mol. The number of halogens is 1. The normalized spacial score (nSPS) is 25.7. The fourth-order valence-corrected chi connectivity index (χ4v) is 3.96. The van der Waals surface area contributed by atoms with Gasteiger partial charge in [0.2, 0.25) is 17.7 Å². The van der Waals surface area contributed by atoms with Crippen molar-refractivity contribution in [1.29, 1.82) is 0 Å². The lowest BCUT2D eigenvalue weighted by Crippen LogP contribution is -2.62. The third kappa shape index (κ3) is 2.97. The van der Waals surface area contributed by atoms with E-state index >= 15 is 0 Å². The highest BCUT2D eigenvalue weighted by atomic mass is 35.5. The van der Waals surface area contributed by atoms with Crippen molar-refractivity contribution in [3.63, 3.8) is 0 Å². The van der Waals surface area contributed by atoms with Crippen LogP contribution in [0, 0.1) is 11.8 Å². The van der Waals surface area contributed by atoms with E-state index in [9.17, 15) is 14.4 Å². The Labute approximate surface area is 156 Å². The second-order valence-corrected chi connectivity index (χ2v) is 7.42. The molecule has 1 aromatic rings. The van der Waals surface area contributed by atoms with Crippen molar-refractivity contribution in [2.24, 2.45) is 11.8 Å². The molecule has 5 nitrogen and oxygen atoms in total. The summed E-state index contributed by atoms with van der Waals surface area (Å²) in [6, 6.07) is 7.02. The van der Waals surface area contributed by atoms with Crippen LogP contribution in [0.15, 0.2) is 42.5 Å². The first-order chi connectivity index (χ1) is 12.5. The molecule has 4 rings (SSSR count). The van der Waals surface area contributed by atoms with E-state index in [1.54, 1.807) is 23.1 Å². The first-order valence-electron chi connectivity index (χ1n) is 8.79. The van der Waals surface area contributed by atoms with E-state index in [0.29, 0.717) is 31.0 Å². The molecule has 2 aliphatic heterocycles. The number of rotatable bonds is 3. The molecule has 2 atom stereocenters. The second-order valence-electron chi connectivity index (χ2n) is 6.98. The molecule has 2 saturated heterocycles. The fraction of sp³-hybridized carbons (Fsp3) is 0.350. The van der Waals surface area contributed by atoms with Crippen molar-refractivity contribution in [3.05, 3.63) is 53.1 Å². The van der Waals surface area contributed by atoms with Crippen LogP contribution in [0.5, 0.6) is 0 Å². The van der Waals surface area contributed by atoms with Crippen molar-refractivity contribution in [2.75, 3.05) is 13.1 Å². The van der Waals surface area contributed by atoms with Gasteiger partial charge in [-0.05, 0) is 36.6 Å². The zero-order valence-corrected chi connectivity index (χ0v) is 14.9. The maximum Gasteiger partial charge on any atom is 0.246 e. The van der Waals surface area contributed by atoms with E-state index < -0.39 is 0 Å². The molecule has 0 saturated carbocycles. The minimum atomic E-state index is -0.206. The standard InChI is InChI=1S/C20H19ClN2O3/c21-14-8-5-13(6-9-14)7-10-18(24)22-11-15(12-22)23-19(25)16-3-1-2-4-17(16)20(23)26/h1-2,5-10,15-17H,3-4,11-12H2/b10-7+/t16-,17-/m0/s1. The van der Waals surface area contributed by atoms with Gasteiger partial charge in [0.05, 0.1) is 17.9 Å². The molecule has 2 heterocycles. The van der Waals surface area contributed by atoms with Crippen LogP contribution in [0.25, 0.3) is 6.08 Å². The number of benzene rings is 1. The summed E-state index contributed by atoms with van der Waals surface area (Å²) in [7, 11) is 0. The molecule has 0 spiro atoms. The monoisotopic (exact) mass is 370 g/mol. The molecule has 26 heavy (non-hydrogen) atoms. The zero-order valence-electron chi connectivity index (χ0n) is 14.2. The summed E-state index contributed by atoms with van der Waals surface area (Å²) in [4.78, 5) is 40.4. The van der Waals surface area contributed by atoms with Crippen LogP contribution in [0.1, 0.15) is 18.4 Å². The van der Waals surface area contributed by atoms with Gasteiger partial charge in [0.1, 0.15) is 0 Å². The van der Waals surface area contributed by atoms with E-state index in [1.807, 2.05) is 24.3 Å². The lowest BCUT2D eigenvalue weighted by atomic mass is 9.85. The molecule has 2 fully saturated rings. The van der Waals surface area contributed by atoms with E-state index in [0.717, 1.165) is 5.56 Å². The van der Waals surface area contributed by atoms with E-state index in [4.69, 9.17) is 11.6 Å².